The summed E-state index contributed by atoms with van der Waals surface area (Å²) < 4.78 is 0. The number of amides is 2. The molecule has 1 aliphatic heterocycles. The van der Waals surface area contributed by atoms with Crippen LogP contribution in [0.1, 0.15) is 50.8 Å². The van der Waals surface area contributed by atoms with Crippen molar-refractivity contribution >= 4 is 11.7 Å². The summed E-state index contributed by atoms with van der Waals surface area (Å²) in [6, 6.07) is -0.106. The lowest BCUT2D eigenvalue weighted by Crippen LogP contribution is -2.46. The Morgan fingerprint density at radius 1 is 1.36 bits per heavy atom. The van der Waals surface area contributed by atoms with Crippen molar-refractivity contribution in [3.8, 4) is 0 Å². The van der Waals surface area contributed by atoms with E-state index in [-0.39, 0.29) is 18.1 Å². The van der Waals surface area contributed by atoms with Gasteiger partial charge in [-0.15, -0.1) is 0 Å². The summed E-state index contributed by atoms with van der Waals surface area (Å²) in [4.78, 5) is 22.7. The van der Waals surface area contributed by atoms with Gasteiger partial charge in [0.25, 0.3) is 0 Å². The fraction of sp³-hybridized carbons (Fsp3) is 0.688. The average Bonchev–Trinajstić information content (AvgIpc) is 3.40. The van der Waals surface area contributed by atoms with Crippen molar-refractivity contribution in [1.82, 2.24) is 14.9 Å². The van der Waals surface area contributed by atoms with Crippen molar-refractivity contribution in [3.05, 3.63) is 18.2 Å². The monoisotopic (exact) mass is 304 g/mol. The number of anilines is 1. The normalized spacial score (nSPS) is 20.7. The minimum atomic E-state index is -0.106. The van der Waals surface area contributed by atoms with Gasteiger partial charge in [0.1, 0.15) is 5.82 Å². The highest BCUT2D eigenvalue weighted by molar-refractivity contribution is 5.89. The summed E-state index contributed by atoms with van der Waals surface area (Å²) in [5, 5.41) is 12.4. The van der Waals surface area contributed by atoms with Gasteiger partial charge in [-0.25, -0.2) is 14.8 Å². The molecule has 2 amide bonds. The lowest BCUT2D eigenvalue weighted by atomic mass is 9.77. The Labute approximate surface area is 131 Å². The summed E-state index contributed by atoms with van der Waals surface area (Å²) in [6.07, 6.45) is 8.37. The Morgan fingerprint density at radius 2 is 2.00 bits per heavy atom. The van der Waals surface area contributed by atoms with Crippen molar-refractivity contribution in [2.45, 2.75) is 44.9 Å². The quantitative estimate of drug-likeness (QED) is 0.895. The maximum atomic E-state index is 12.3. The maximum Gasteiger partial charge on any atom is 0.321 e. The van der Waals surface area contributed by atoms with E-state index in [9.17, 15) is 9.90 Å². The summed E-state index contributed by atoms with van der Waals surface area (Å²) in [6.45, 7) is 3.67. The van der Waals surface area contributed by atoms with Gasteiger partial charge >= 0.3 is 6.03 Å². The number of nitrogens with zero attached hydrogens (tertiary/aromatic N) is 3. The first-order valence-corrected chi connectivity index (χ1v) is 8.14. The molecule has 22 heavy (non-hydrogen) atoms. The predicted octanol–water partition coefficient (Wildman–Crippen LogP) is 2.37. The van der Waals surface area contributed by atoms with E-state index in [2.05, 4.69) is 22.2 Å². The third kappa shape index (κ3) is 3.21. The second-order valence-electron chi connectivity index (χ2n) is 6.53. The number of hydrogen-bond donors (Lipinski definition) is 2. The van der Waals surface area contributed by atoms with Crippen LogP contribution in [0.2, 0.25) is 0 Å². The zero-order valence-electron chi connectivity index (χ0n) is 13.1. The molecule has 1 saturated heterocycles. The number of likely N-dealkylation sites (tertiary alicyclic amines) is 1. The highest BCUT2D eigenvalue weighted by Gasteiger charge is 2.34. The van der Waals surface area contributed by atoms with E-state index in [1.54, 1.807) is 17.3 Å². The molecular formula is C16H24N4O2. The summed E-state index contributed by atoms with van der Waals surface area (Å²) in [5.74, 6) is 1.40. The van der Waals surface area contributed by atoms with E-state index < -0.39 is 0 Å². The van der Waals surface area contributed by atoms with Gasteiger partial charge in [0.05, 0.1) is 18.1 Å². The molecule has 1 saturated carbocycles. The molecule has 6 heteroatoms. The van der Waals surface area contributed by atoms with E-state index in [0.29, 0.717) is 24.7 Å². The molecule has 3 rings (SSSR count). The van der Waals surface area contributed by atoms with Gasteiger partial charge in [0, 0.05) is 25.6 Å². The summed E-state index contributed by atoms with van der Waals surface area (Å²) in [7, 11) is 0. The number of urea groups is 1. The number of rotatable bonds is 4. The van der Waals surface area contributed by atoms with Crippen LogP contribution in [0.4, 0.5) is 10.5 Å². The first kappa shape index (κ1) is 15.2. The van der Waals surface area contributed by atoms with Crippen LogP contribution in [0.3, 0.4) is 0 Å². The van der Waals surface area contributed by atoms with Gasteiger partial charge in [0.2, 0.25) is 0 Å². The molecule has 6 nitrogen and oxygen atoms in total. The third-order valence-electron chi connectivity index (χ3n) is 5.06. The van der Waals surface area contributed by atoms with Crippen LogP contribution in [-0.4, -0.2) is 45.7 Å². The number of carbonyl (C=O) groups is 1. The molecule has 1 aliphatic carbocycles. The van der Waals surface area contributed by atoms with E-state index in [1.807, 2.05) is 0 Å². The molecule has 0 bridgehead atoms. The first-order chi connectivity index (χ1) is 10.7. The fourth-order valence-electron chi connectivity index (χ4n) is 2.97. The zero-order chi connectivity index (χ0) is 15.6. The molecule has 0 aromatic carbocycles. The van der Waals surface area contributed by atoms with E-state index in [4.69, 9.17) is 0 Å². The van der Waals surface area contributed by atoms with Crippen LogP contribution in [0, 0.1) is 5.41 Å². The third-order valence-corrected chi connectivity index (χ3v) is 5.06. The van der Waals surface area contributed by atoms with Gasteiger partial charge in [-0.05, 0) is 37.5 Å². The minimum Gasteiger partial charge on any atom is -0.396 e. The van der Waals surface area contributed by atoms with Crippen molar-refractivity contribution in [2.24, 2.45) is 5.41 Å². The SMILES string of the molecule is CCC1(CO)CCN(C(=O)Nc2cnc(C3CC3)nc2)CC1. The Balaban J connectivity index is 1.54. The molecule has 2 heterocycles. The Hall–Kier alpha value is -1.69. The highest BCUT2D eigenvalue weighted by atomic mass is 16.3. The van der Waals surface area contributed by atoms with Gasteiger partial charge in [-0.2, -0.15) is 0 Å². The lowest BCUT2D eigenvalue weighted by Gasteiger charge is -2.40. The molecular weight excluding hydrogens is 280 g/mol. The smallest absolute Gasteiger partial charge is 0.321 e. The van der Waals surface area contributed by atoms with Crippen molar-refractivity contribution < 1.29 is 9.90 Å². The van der Waals surface area contributed by atoms with Crippen LogP contribution in [0.5, 0.6) is 0 Å². The standard InChI is InChI=1S/C16H24N4O2/c1-2-16(11-21)5-7-20(8-6-16)15(22)19-13-9-17-14(18-10-13)12-3-4-12/h9-10,12,21H,2-8,11H2,1H3,(H,19,22). The van der Waals surface area contributed by atoms with Crippen molar-refractivity contribution in [3.63, 3.8) is 0 Å². The zero-order valence-corrected chi connectivity index (χ0v) is 13.1. The topological polar surface area (TPSA) is 78.4 Å². The number of aromatic nitrogens is 2. The van der Waals surface area contributed by atoms with Crippen LogP contribution in [0.25, 0.3) is 0 Å². The van der Waals surface area contributed by atoms with Crippen LogP contribution < -0.4 is 5.32 Å². The van der Waals surface area contributed by atoms with E-state index in [0.717, 1.165) is 25.1 Å². The second-order valence-corrected chi connectivity index (χ2v) is 6.53. The summed E-state index contributed by atoms with van der Waals surface area (Å²) >= 11 is 0. The molecule has 0 unspecified atom stereocenters. The van der Waals surface area contributed by atoms with Crippen molar-refractivity contribution in [1.29, 1.82) is 0 Å². The molecule has 0 spiro atoms. The number of carbonyl (C=O) groups excluding carboxylic acids is 1. The summed E-state index contributed by atoms with van der Waals surface area (Å²) in [5.41, 5.74) is 0.634. The largest absolute Gasteiger partial charge is 0.396 e. The molecule has 120 valence electrons. The molecule has 2 fully saturated rings. The van der Waals surface area contributed by atoms with Gasteiger partial charge in [-0.1, -0.05) is 6.92 Å². The molecule has 2 aliphatic rings. The highest BCUT2D eigenvalue weighted by Crippen LogP contribution is 2.38. The Kier molecular flexibility index (Phi) is 4.29. The fourth-order valence-corrected chi connectivity index (χ4v) is 2.97. The average molecular weight is 304 g/mol. The minimum absolute atomic E-state index is 0.00813. The number of nitrogens with one attached hydrogen (secondary N) is 1. The first-order valence-electron chi connectivity index (χ1n) is 8.14. The molecule has 1 aromatic rings. The van der Waals surface area contributed by atoms with Crippen LogP contribution in [0.15, 0.2) is 12.4 Å². The van der Waals surface area contributed by atoms with E-state index >= 15 is 0 Å². The molecule has 2 N–H and O–H groups in total. The van der Waals surface area contributed by atoms with Crippen LogP contribution >= 0.6 is 0 Å². The number of piperidine rings is 1. The van der Waals surface area contributed by atoms with Gasteiger partial charge < -0.3 is 15.3 Å². The second kappa shape index (κ2) is 6.20. The van der Waals surface area contributed by atoms with Gasteiger partial charge in [-0.3, -0.25) is 0 Å². The number of aliphatic hydroxyl groups excluding tert-OH is 1. The maximum absolute atomic E-state index is 12.3. The molecule has 0 radical (unpaired) electrons. The molecule has 0 atom stereocenters. The lowest BCUT2D eigenvalue weighted by molar-refractivity contribution is 0.0542. The van der Waals surface area contributed by atoms with Gasteiger partial charge in [0.15, 0.2) is 0 Å². The Bertz CT molecular complexity index is 513. The van der Waals surface area contributed by atoms with Crippen molar-refractivity contribution in [2.75, 3.05) is 25.0 Å². The predicted molar refractivity (Wildman–Crippen MR) is 83.6 cm³/mol. The van der Waals surface area contributed by atoms with E-state index in [1.165, 1.54) is 12.8 Å². The Morgan fingerprint density at radius 3 is 2.50 bits per heavy atom. The van der Waals surface area contributed by atoms with Crippen LogP contribution in [-0.2, 0) is 0 Å². The number of aliphatic hydroxyl groups is 1. The molecule has 1 aromatic heterocycles. The number of hydrogen-bond acceptors (Lipinski definition) is 4.